The van der Waals surface area contributed by atoms with E-state index in [1.807, 2.05) is 48.5 Å². The second kappa shape index (κ2) is 10.5. The number of rotatable bonds is 7. The predicted molar refractivity (Wildman–Crippen MR) is 134 cm³/mol. The van der Waals surface area contributed by atoms with Crippen molar-refractivity contribution in [3.63, 3.8) is 0 Å². The molecule has 174 valence electrons. The Morgan fingerprint density at radius 3 is 2.44 bits per heavy atom. The third-order valence-electron chi connectivity index (χ3n) is 5.68. The maximum Gasteiger partial charge on any atom is 0.253 e. The van der Waals surface area contributed by atoms with E-state index >= 15 is 0 Å². The van der Waals surface area contributed by atoms with E-state index in [0.29, 0.717) is 17.8 Å². The first-order valence-electron chi connectivity index (χ1n) is 10.8. The molecule has 1 aliphatic rings. The van der Waals surface area contributed by atoms with Gasteiger partial charge in [0.1, 0.15) is 5.75 Å². The summed E-state index contributed by atoms with van der Waals surface area (Å²) in [6, 6.07) is 21.6. The van der Waals surface area contributed by atoms with Gasteiger partial charge < -0.3 is 20.3 Å². The summed E-state index contributed by atoms with van der Waals surface area (Å²) in [7, 11) is 1.60. The van der Waals surface area contributed by atoms with E-state index in [2.05, 4.69) is 26.6 Å². The van der Waals surface area contributed by atoms with Gasteiger partial charge in [0.25, 0.3) is 5.91 Å². The van der Waals surface area contributed by atoms with Crippen molar-refractivity contribution in [1.82, 2.24) is 5.32 Å². The Balaban J connectivity index is 1.40. The molecule has 0 spiro atoms. The van der Waals surface area contributed by atoms with Gasteiger partial charge in [0.2, 0.25) is 11.8 Å². The van der Waals surface area contributed by atoms with Gasteiger partial charge in [0.05, 0.1) is 24.3 Å². The molecule has 1 saturated heterocycles. The van der Waals surface area contributed by atoms with Crippen molar-refractivity contribution in [2.24, 2.45) is 5.92 Å². The smallest absolute Gasteiger partial charge is 0.253 e. The van der Waals surface area contributed by atoms with Crippen LogP contribution >= 0.6 is 15.9 Å². The normalized spacial score (nSPS) is 15.2. The topological polar surface area (TPSA) is 87.7 Å². The maximum absolute atomic E-state index is 13.0. The highest BCUT2D eigenvalue weighted by Gasteiger charge is 2.35. The highest BCUT2D eigenvalue weighted by Crippen LogP contribution is 2.27. The first-order valence-corrected chi connectivity index (χ1v) is 11.6. The van der Waals surface area contributed by atoms with Gasteiger partial charge in [0.15, 0.2) is 0 Å². The van der Waals surface area contributed by atoms with Gasteiger partial charge in [-0.25, -0.2) is 0 Å². The lowest BCUT2D eigenvalue weighted by atomic mass is 10.1. The molecule has 3 amide bonds. The fraction of sp³-hybridized carbons (Fsp3) is 0.192. The second-order valence-corrected chi connectivity index (χ2v) is 8.86. The lowest BCUT2D eigenvalue weighted by molar-refractivity contribution is -0.122. The van der Waals surface area contributed by atoms with Crippen LogP contribution in [-0.2, 0) is 16.1 Å². The number of nitrogens with one attached hydrogen (secondary N) is 2. The van der Waals surface area contributed by atoms with Crippen LogP contribution in [0.5, 0.6) is 5.75 Å². The molecule has 8 heteroatoms. The van der Waals surface area contributed by atoms with Crippen molar-refractivity contribution in [3.8, 4) is 5.75 Å². The van der Waals surface area contributed by atoms with Crippen molar-refractivity contribution in [3.05, 3.63) is 88.4 Å². The average molecular weight is 522 g/mol. The van der Waals surface area contributed by atoms with Crippen LogP contribution in [-0.4, -0.2) is 31.4 Å². The van der Waals surface area contributed by atoms with Crippen molar-refractivity contribution >= 4 is 45.0 Å². The molecule has 0 saturated carbocycles. The van der Waals surface area contributed by atoms with Crippen LogP contribution < -0.4 is 20.3 Å². The van der Waals surface area contributed by atoms with Crippen molar-refractivity contribution in [2.75, 3.05) is 23.9 Å². The molecule has 0 bridgehead atoms. The van der Waals surface area contributed by atoms with Gasteiger partial charge in [-0.3, -0.25) is 14.4 Å². The highest BCUT2D eigenvalue weighted by molar-refractivity contribution is 9.10. The van der Waals surface area contributed by atoms with Gasteiger partial charge >= 0.3 is 0 Å². The van der Waals surface area contributed by atoms with Crippen LogP contribution in [0.1, 0.15) is 22.3 Å². The van der Waals surface area contributed by atoms with E-state index < -0.39 is 5.92 Å². The summed E-state index contributed by atoms with van der Waals surface area (Å²) in [5.41, 5.74) is 2.45. The Morgan fingerprint density at radius 1 is 1.03 bits per heavy atom. The minimum atomic E-state index is -0.508. The highest BCUT2D eigenvalue weighted by atomic mass is 79.9. The van der Waals surface area contributed by atoms with Crippen LogP contribution in [0.4, 0.5) is 11.4 Å². The SMILES string of the molecule is COc1ccc(CNC(=O)c2ccccc2NC(=O)[C@@H]2CC(=O)N(c3ccc(Br)cc3)C2)cc1. The molecule has 4 rings (SSSR count). The summed E-state index contributed by atoms with van der Waals surface area (Å²) < 4.78 is 6.06. The summed E-state index contributed by atoms with van der Waals surface area (Å²) in [6.07, 6.45) is 0.119. The Hall–Kier alpha value is -3.65. The molecule has 0 radical (unpaired) electrons. The Labute approximate surface area is 206 Å². The lowest BCUT2D eigenvalue weighted by Gasteiger charge is -2.17. The van der Waals surface area contributed by atoms with Gasteiger partial charge in [0, 0.05) is 29.7 Å². The third-order valence-corrected chi connectivity index (χ3v) is 6.20. The summed E-state index contributed by atoms with van der Waals surface area (Å²) >= 11 is 3.38. The van der Waals surface area contributed by atoms with Crippen LogP contribution in [0.25, 0.3) is 0 Å². The summed E-state index contributed by atoms with van der Waals surface area (Å²) in [6.45, 7) is 0.627. The number of hydrogen-bond donors (Lipinski definition) is 2. The number of anilines is 2. The predicted octanol–water partition coefficient (Wildman–Crippen LogP) is 4.38. The van der Waals surface area contributed by atoms with E-state index in [1.54, 1.807) is 36.3 Å². The molecule has 0 aromatic heterocycles. The monoisotopic (exact) mass is 521 g/mol. The molecule has 0 unspecified atom stereocenters. The summed E-state index contributed by atoms with van der Waals surface area (Å²) in [5, 5.41) is 5.72. The molecule has 1 fully saturated rings. The summed E-state index contributed by atoms with van der Waals surface area (Å²) in [4.78, 5) is 39.9. The molecule has 3 aromatic carbocycles. The number of halogens is 1. The largest absolute Gasteiger partial charge is 0.497 e. The number of carbonyl (C=O) groups excluding carboxylic acids is 3. The molecule has 3 aromatic rings. The minimum absolute atomic E-state index is 0.104. The fourth-order valence-electron chi connectivity index (χ4n) is 3.80. The lowest BCUT2D eigenvalue weighted by Crippen LogP contribution is -2.29. The molecule has 0 aliphatic carbocycles. The number of carbonyl (C=O) groups is 3. The van der Waals surface area contributed by atoms with Gasteiger partial charge in [-0.15, -0.1) is 0 Å². The second-order valence-electron chi connectivity index (χ2n) is 7.95. The average Bonchev–Trinajstić information content (AvgIpc) is 3.25. The van der Waals surface area contributed by atoms with Gasteiger partial charge in [-0.05, 0) is 54.1 Å². The zero-order valence-corrected chi connectivity index (χ0v) is 20.2. The zero-order chi connectivity index (χ0) is 24.1. The summed E-state index contributed by atoms with van der Waals surface area (Å²) in [5.74, 6) is -0.458. The number of benzene rings is 3. The van der Waals surface area contributed by atoms with E-state index in [-0.39, 0.29) is 30.7 Å². The van der Waals surface area contributed by atoms with E-state index in [9.17, 15) is 14.4 Å². The van der Waals surface area contributed by atoms with E-state index in [4.69, 9.17) is 4.74 Å². The number of ether oxygens (including phenoxy) is 1. The maximum atomic E-state index is 13.0. The van der Waals surface area contributed by atoms with Crippen LogP contribution in [0.15, 0.2) is 77.3 Å². The zero-order valence-electron chi connectivity index (χ0n) is 18.6. The standard InChI is InChI=1S/C26H24BrN3O4/c1-34-21-12-6-17(7-13-21)15-28-26(33)22-4-2-3-5-23(22)29-25(32)18-14-24(31)30(16-18)20-10-8-19(27)9-11-20/h2-13,18H,14-16H2,1H3,(H,28,33)(H,29,32)/t18-/m1/s1. The molecule has 7 nitrogen and oxygen atoms in total. The molecular formula is C26H24BrN3O4. The molecule has 1 atom stereocenters. The van der Waals surface area contributed by atoms with Crippen molar-refractivity contribution < 1.29 is 19.1 Å². The molecule has 2 N–H and O–H groups in total. The molecular weight excluding hydrogens is 498 g/mol. The van der Waals surface area contributed by atoms with E-state index in [1.165, 1.54) is 0 Å². The van der Waals surface area contributed by atoms with E-state index in [0.717, 1.165) is 21.5 Å². The third kappa shape index (κ3) is 5.46. The number of amides is 3. The first-order chi connectivity index (χ1) is 16.4. The Bertz CT molecular complexity index is 1200. The fourth-order valence-corrected chi connectivity index (χ4v) is 4.06. The Kier molecular flexibility index (Phi) is 7.27. The molecule has 1 heterocycles. The van der Waals surface area contributed by atoms with Crippen LogP contribution in [0, 0.1) is 5.92 Å². The van der Waals surface area contributed by atoms with Gasteiger partial charge in [-0.2, -0.15) is 0 Å². The van der Waals surface area contributed by atoms with Gasteiger partial charge in [-0.1, -0.05) is 40.2 Å². The van der Waals surface area contributed by atoms with Crippen molar-refractivity contribution in [1.29, 1.82) is 0 Å². The quantitative estimate of drug-likeness (QED) is 0.482. The number of hydrogen-bond acceptors (Lipinski definition) is 4. The Morgan fingerprint density at radius 2 is 1.74 bits per heavy atom. The van der Waals surface area contributed by atoms with Crippen molar-refractivity contribution in [2.45, 2.75) is 13.0 Å². The van der Waals surface area contributed by atoms with Crippen LogP contribution in [0.2, 0.25) is 0 Å². The number of para-hydroxylation sites is 1. The van der Waals surface area contributed by atoms with Crippen LogP contribution in [0.3, 0.4) is 0 Å². The number of methoxy groups -OCH3 is 1. The molecule has 34 heavy (non-hydrogen) atoms. The molecule has 1 aliphatic heterocycles. The minimum Gasteiger partial charge on any atom is -0.497 e. The first kappa shape index (κ1) is 23.5. The number of nitrogens with zero attached hydrogens (tertiary/aromatic N) is 1.